The molecule has 0 amide bonds. The molecule has 0 aliphatic carbocycles. The number of phenolic OH excluding ortho intramolecular Hbond substituents is 1. The number of carboxylic acids is 1. The van der Waals surface area contributed by atoms with Crippen molar-refractivity contribution in [1.29, 1.82) is 0 Å². The fraction of sp³-hybridized carbons (Fsp3) is 0.533. The van der Waals surface area contributed by atoms with Crippen molar-refractivity contribution in [3.63, 3.8) is 0 Å². The molecule has 2 rings (SSSR count). The zero-order valence-corrected chi connectivity index (χ0v) is 11.3. The van der Waals surface area contributed by atoms with Gasteiger partial charge in [-0.15, -0.1) is 0 Å². The van der Waals surface area contributed by atoms with E-state index in [2.05, 4.69) is 4.90 Å². The van der Waals surface area contributed by atoms with Gasteiger partial charge in [-0.25, -0.2) is 0 Å². The molecule has 1 aliphatic rings. The summed E-state index contributed by atoms with van der Waals surface area (Å²) < 4.78 is 0. The molecule has 1 aliphatic heterocycles. The van der Waals surface area contributed by atoms with Crippen LogP contribution in [0.1, 0.15) is 31.7 Å². The largest absolute Gasteiger partial charge is 0.508 e. The Morgan fingerprint density at radius 2 is 2.26 bits per heavy atom. The second kappa shape index (κ2) is 5.61. The number of hydrogen-bond acceptors (Lipinski definition) is 3. The van der Waals surface area contributed by atoms with Gasteiger partial charge >= 0.3 is 5.97 Å². The van der Waals surface area contributed by atoms with Crippen molar-refractivity contribution < 1.29 is 15.0 Å². The highest BCUT2D eigenvalue weighted by molar-refractivity contribution is 5.75. The molecule has 0 bridgehead atoms. The number of piperidine rings is 1. The Morgan fingerprint density at radius 1 is 1.47 bits per heavy atom. The third-order valence-electron chi connectivity index (χ3n) is 4.10. The van der Waals surface area contributed by atoms with Crippen LogP contribution in [0.4, 0.5) is 0 Å². The van der Waals surface area contributed by atoms with Crippen LogP contribution in [0.25, 0.3) is 0 Å². The zero-order valence-electron chi connectivity index (χ0n) is 11.3. The summed E-state index contributed by atoms with van der Waals surface area (Å²) in [4.78, 5) is 13.7. The summed E-state index contributed by atoms with van der Waals surface area (Å²) in [5.74, 6) is -0.426. The van der Waals surface area contributed by atoms with Gasteiger partial charge in [-0.05, 0) is 43.5 Å². The van der Waals surface area contributed by atoms with Crippen molar-refractivity contribution in [1.82, 2.24) is 4.90 Å². The Bertz CT molecular complexity index is 460. The molecule has 104 valence electrons. The summed E-state index contributed by atoms with van der Waals surface area (Å²) in [7, 11) is 0. The lowest BCUT2D eigenvalue weighted by atomic mass is 9.77. The number of nitrogens with zero attached hydrogens (tertiary/aromatic N) is 1. The van der Waals surface area contributed by atoms with E-state index in [1.807, 2.05) is 19.1 Å². The lowest BCUT2D eigenvalue weighted by molar-refractivity contribution is -0.153. The van der Waals surface area contributed by atoms with Crippen LogP contribution in [0.15, 0.2) is 24.3 Å². The van der Waals surface area contributed by atoms with E-state index in [0.717, 1.165) is 24.9 Å². The summed E-state index contributed by atoms with van der Waals surface area (Å²) in [5.41, 5.74) is 0.423. The van der Waals surface area contributed by atoms with Crippen molar-refractivity contribution in [2.45, 2.75) is 32.7 Å². The Kier molecular flexibility index (Phi) is 4.10. The lowest BCUT2D eigenvalue weighted by Crippen LogP contribution is -2.47. The Labute approximate surface area is 113 Å². The number of aromatic hydroxyl groups is 1. The molecule has 4 nitrogen and oxygen atoms in total. The Hall–Kier alpha value is -1.55. The number of carbonyl (C=O) groups is 1. The molecular weight excluding hydrogens is 242 g/mol. The SMILES string of the molecule is CCC1(C(=O)O)CCCN(Cc2cccc(O)c2)C1. The summed E-state index contributed by atoms with van der Waals surface area (Å²) >= 11 is 0. The second-order valence-corrected chi connectivity index (χ2v) is 5.42. The topological polar surface area (TPSA) is 60.8 Å². The molecule has 0 saturated carbocycles. The smallest absolute Gasteiger partial charge is 0.310 e. The maximum absolute atomic E-state index is 11.5. The standard InChI is InChI=1S/C15H21NO3/c1-2-15(14(18)19)7-4-8-16(11-15)10-12-5-3-6-13(17)9-12/h3,5-6,9,17H,2,4,7-8,10-11H2,1H3,(H,18,19). The fourth-order valence-corrected chi connectivity index (χ4v) is 2.89. The van der Waals surface area contributed by atoms with Crippen LogP contribution in [0.2, 0.25) is 0 Å². The monoisotopic (exact) mass is 263 g/mol. The highest BCUT2D eigenvalue weighted by atomic mass is 16.4. The van der Waals surface area contributed by atoms with Crippen molar-refractivity contribution in [2.75, 3.05) is 13.1 Å². The van der Waals surface area contributed by atoms with Gasteiger partial charge in [0.05, 0.1) is 5.41 Å². The van der Waals surface area contributed by atoms with E-state index in [1.165, 1.54) is 0 Å². The van der Waals surface area contributed by atoms with Crippen LogP contribution in [0, 0.1) is 5.41 Å². The minimum Gasteiger partial charge on any atom is -0.508 e. The number of rotatable bonds is 4. The first-order valence-corrected chi connectivity index (χ1v) is 6.79. The highest BCUT2D eigenvalue weighted by Gasteiger charge is 2.40. The predicted molar refractivity (Wildman–Crippen MR) is 73.0 cm³/mol. The van der Waals surface area contributed by atoms with Gasteiger partial charge in [0.1, 0.15) is 5.75 Å². The summed E-state index contributed by atoms with van der Waals surface area (Å²) in [5, 5.41) is 18.9. The zero-order chi connectivity index (χ0) is 13.9. The molecule has 1 heterocycles. The first-order chi connectivity index (χ1) is 9.05. The maximum Gasteiger partial charge on any atom is 0.310 e. The summed E-state index contributed by atoms with van der Waals surface area (Å²) in [6, 6.07) is 7.16. The third kappa shape index (κ3) is 3.07. The molecule has 1 unspecified atom stereocenters. The minimum atomic E-state index is -0.685. The number of benzene rings is 1. The first-order valence-electron chi connectivity index (χ1n) is 6.79. The molecule has 0 aromatic heterocycles. The average Bonchev–Trinajstić information content (AvgIpc) is 2.38. The summed E-state index contributed by atoms with van der Waals surface area (Å²) in [6.45, 7) is 4.16. The van der Waals surface area contributed by atoms with E-state index in [4.69, 9.17) is 0 Å². The number of aliphatic carboxylic acids is 1. The first kappa shape index (κ1) is 13.9. The molecule has 1 atom stereocenters. The molecule has 1 aromatic carbocycles. The highest BCUT2D eigenvalue weighted by Crippen LogP contribution is 2.34. The number of likely N-dealkylation sites (tertiary alicyclic amines) is 1. The average molecular weight is 263 g/mol. The second-order valence-electron chi connectivity index (χ2n) is 5.42. The van der Waals surface area contributed by atoms with Gasteiger partial charge in [-0.2, -0.15) is 0 Å². The van der Waals surface area contributed by atoms with E-state index in [1.54, 1.807) is 12.1 Å². The van der Waals surface area contributed by atoms with Crippen LogP contribution >= 0.6 is 0 Å². The fourth-order valence-electron chi connectivity index (χ4n) is 2.89. The molecule has 1 aromatic rings. The number of carboxylic acid groups (broad SMARTS) is 1. The summed E-state index contributed by atoms with van der Waals surface area (Å²) in [6.07, 6.45) is 2.34. The van der Waals surface area contributed by atoms with Gasteiger partial charge in [-0.3, -0.25) is 9.69 Å². The molecule has 2 N–H and O–H groups in total. The van der Waals surface area contributed by atoms with E-state index in [-0.39, 0.29) is 5.75 Å². The van der Waals surface area contributed by atoms with Crippen molar-refractivity contribution in [2.24, 2.45) is 5.41 Å². The molecule has 0 spiro atoms. The van der Waals surface area contributed by atoms with Crippen LogP contribution in [0.5, 0.6) is 5.75 Å². The van der Waals surface area contributed by atoms with Gasteiger partial charge < -0.3 is 10.2 Å². The molecule has 19 heavy (non-hydrogen) atoms. The third-order valence-corrected chi connectivity index (χ3v) is 4.10. The Morgan fingerprint density at radius 3 is 2.89 bits per heavy atom. The molecule has 1 saturated heterocycles. The number of hydrogen-bond donors (Lipinski definition) is 2. The quantitative estimate of drug-likeness (QED) is 0.876. The van der Waals surface area contributed by atoms with Gasteiger partial charge in [0, 0.05) is 13.1 Å². The minimum absolute atomic E-state index is 0.259. The van der Waals surface area contributed by atoms with Crippen LogP contribution in [-0.2, 0) is 11.3 Å². The van der Waals surface area contributed by atoms with E-state index in [9.17, 15) is 15.0 Å². The Balaban J connectivity index is 2.07. The van der Waals surface area contributed by atoms with Crippen molar-refractivity contribution in [3.05, 3.63) is 29.8 Å². The van der Waals surface area contributed by atoms with Gasteiger partial charge in [0.2, 0.25) is 0 Å². The molecule has 1 fully saturated rings. The molecular formula is C15H21NO3. The van der Waals surface area contributed by atoms with E-state index < -0.39 is 11.4 Å². The molecule has 0 radical (unpaired) electrons. The van der Waals surface area contributed by atoms with Gasteiger partial charge in [0.15, 0.2) is 0 Å². The lowest BCUT2D eigenvalue weighted by Gasteiger charge is -2.39. The van der Waals surface area contributed by atoms with Crippen LogP contribution < -0.4 is 0 Å². The molecule has 4 heteroatoms. The normalized spacial score (nSPS) is 24.3. The predicted octanol–water partition coefficient (Wildman–Crippen LogP) is 2.47. The van der Waals surface area contributed by atoms with Gasteiger partial charge in [-0.1, -0.05) is 19.1 Å². The van der Waals surface area contributed by atoms with Crippen LogP contribution in [-0.4, -0.2) is 34.2 Å². The van der Waals surface area contributed by atoms with E-state index in [0.29, 0.717) is 19.5 Å². The number of phenols is 1. The van der Waals surface area contributed by atoms with E-state index >= 15 is 0 Å². The van der Waals surface area contributed by atoms with Crippen molar-refractivity contribution >= 4 is 5.97 Å². The van der Waals surface area contributed by atoms with Crippen molar-refractivity contribution in [3.8, 4) is 5.75 Å². The van der Waals surface area contributed by atoms with Gasteiger partial charge in [0.25, 0.3) is 0 Å². The van der Waals surface area contributed by atoms with Crippen LogP contribution in [0.3, 0.4) is 0 Å². The maximum atomic E-state index is 11.5.